The molecular formula is C25H31N3OS. The van der Waals surface area contributed by atoms with Gasteiger partial charge in [-0.15, -0.1) is 11.3 Å². The van der Waals surface area contributed by atoms with Crippen molar-refractivity contribution in [3.63, 3.8) is 0 Å². The smallest absolute Gasteiger partial charge is 0.225 e. The maximum absolute atomic E-state index is 13.2. The van der Waals surface area contributed by atoms with Gasteiger partial charge in [0.2, 0.25) is 5.91 Å². The molecule has 2 atom stereocenters. The van der Waals surface area contributed by atoms with Crippen molar-refractivity contribution >= 4 is 17.2 Å². The molecule has 5 heteroatoms. The van der Waals surface area contributed by atoms with E-state index in [2.05, 4.69) is 81.5 Å². The van der Waals surface area contributed by atoms with Crippen molar-refractivity contribution < 1.29 is 4.79 Å². The molecule has 1 fully saturated rings. The molecule has 30 heavy (non-hydrogen) atoms. The van der Waals surface area contributed by atoms with Crippen molar-refractivity contribution in [2.24, 2.45) is 5.92 Å². The van der Waals surface area contributed by atoms with E-state index >= 15 is 0 Å². The fourth-order valence-corrected chi connectivity index (χ4v) is 5.28. The van der Waals surface area contributed by atoms with Crippen LogP contribution in [-0.4, -0.2) is 46.5 Å². The van der Waals surface area contributed by atoms with Crippen molar-refractivity contribution in [1.82, 2.24) is 14.4 Å². The fraction of sp³-hybridized carbons (Fsp3) is 0.400. The van der Waals surface area contributed by atoms with Gasteiger partial charge in [0.1, 0.15) is 0 Å². The van der Waals surface area contributed by atoms with Crippen LogP contribution in [0.1, 0.15) is 36.2 Å². The maximum Gasteiger partial charge on any atom is 0.225 e. The van der Waals surface area contributed by atoms with E-state index in [9.17, 15) is 4.79 Å². The Hall–Kier alpha value is -2.37. The number of aromatic nitrogens is 1. The summed E-state index contributed by atoms with van der Waals surface area (Å²) in [4.78, 5) is 19.1. The Morgan fingerprint density at radius 3 is 2.63 bits per heavy atom. The summed E-state index contributed by atoms with van der Waals surface area (Å²) in [6.07, 6.45) is 5.81. The first-order valence-corrected chi connectivity index (χ1v) is 11.8. The first-order chi connectivity index (χ1) is 14.7. The average Bonchev–Trinajstić information content (AvgIpc) is 3.54. The Balaban J connectivity index is 1.35. The van der Waals surface area contributed by atoms with E-state index < -0.39 is 0 Å². The molecular weight excluding hydrogens is 390 g/mol. The zero-order chi connectivity index (χ0) is 20.8. The molecule has 3 heterocycles. The monoisotopic (exact) mass is 421 g/mol. The zero-order valence-electron chi connectivity index (χ0n) is 17.7. The summed E-state index contributed by atoms with van der Waals surface area (Å²) in [6.45, 7) is 6.94. The lowest BCUT2D eigenvalue weighted by Crippen LogP contribution is -2.37. The van der Waals surface area contributed by atoms with Crippen LogP contribution in [-0.2, 0) is 11.3 Å². The lowest BCUT2D eigenvalue weighted by molar-refractivity contribution is -0.132. The van der Waals surface area contributed by atoms with Gasteiger partial charge in [0.05, 0.1) is 12.5 Å². The Labute approximate surface area is 183 Å². The second-order valence-electron chi connectivity index (χ2n) is 8.17. The number of carbonyl (C=O) groups excluding carboxylic acids is 1. The molecule has 158 valence electrons. The van der Waals surface area contributed by atoms with Crippen LogP contribution in [0.15, 0.2) is 72.4 Å². The summed E-state index contributed by atoms with van der Waals surface area (Å²) in [5.74, 6) is 0.815. The minimum Gasteiger partial charge on any atom is -0.346 e. The van der Waals surface area contributed by atoms with E-state index in [-0.39, 0.29) is 11.9 Å². The molecule has 1 aromatic carbocycles. The predicted molar refractivity (Wildman–Crippen MR) is 124 cm³/mol. The largest absolute Gasteiger partial charge is 0.346 e. The van der Waals surface area contributed by atoms with Gasteiger partial charge in [-0.25, -0.2) is 0 Å². The molecule has 0 bridgehead atoms. The molecule has 2 aromatic heterocycles. The maximum atomic E-state index is 13.2. The third-order valence-electron chi connectivity index (χ3n) is 6.06. The molecule has 3 aromatic rings. The lowest BCUT2D eigenvalue weighted by atomic mass is 10.1. The summed E-state index contributed by atoms with van der Waals surface area (Å²) in [6, 6.07) is 19.0. The van der Waals surface area contributed by atoms with Crippen molar-refractivity contribution in [1.29, 1.82) is 0 Å². The number of rotatable bonds is 9. The Kier molecular flexibility index (Phi) is 7.03. The summed E-state index contributed by atoms with van der Waals surface area (Å²) in [5.41, 5.74) is 1.37. The van der Waals surface area contributed by atoms with Crippen molar-refractivity contribution in [3.05, 3.63) is 82.8 Å². The highest BCUT2D eigenvalue weighted by Gasteiger charge is 2.27. The van der Waals surface area contributed by atoms with Gasteiger partial charge in [0.15, 0.2) is 0 Å². The normalized spacial score (nSPS) is 17.8. The minimum absolute atomic E-state index is 0.0831. The molecule has 4 rings (SSSR count). The molecule has 0 radical (unpaired) electrons. The van der Waals surface area contributed by atoms with Crippen molar-refractivity contribution in [3.8, 4) is 0 Å². The highest BCUT2D eigenvalue weighted by molar-refractivity contribution is 7.10. The molecule has 0 spiro atoms. The minimum atomic E-state index is 0.0831. The summed E-state index contributed by atoms with van der Waals surface area (Å²) >= 11 is 1.73. The highest BCUT2D eigenvalue weighted by atomic mass is 32.1. The summed E-state index contributed by atoms with van der Waals surface area (Å²) in [7, 11) is 0. The van der Waals surface area contributed by atoms with E-state index in [0.29, 0.717) is 12.3 Å². The van der Waals surface area contributed by atoms with Crippen LogP contribution in [0, 0.1) is 5.92 Å². The summed E-state index contributed by atoms with van der Waals surface area (Å²) < 4.78 is 2.16. The van der Waals surface area contributed by atoms with E-state index in [0.717, 1.165) is 32.7 Å². The number of benzene rings is 1. The van der Waals surface area contributed by atoms with Gasteiger partial charge in [-0.2, -0.15) is 0 Å². The van der Waals surface area contributed by atoms with Crippen molar-refractivity contribution in [2.75, 3.05) is 26.2 Å². The van der Waals surface area contributed by atoms with Crippen LogP contribution in [0.3, 0.4) is 0 Å². The van der Waals surface area contributed by atoms with E-state index in [1.807, 2.05) is 12.1 Å². The van der Waals surface area contributed by atoms with Crippen LogP contribution in [0.5, 0.6) is 0 Å². The number of thiophene rings is 1. The first-order valence-electron chi connectivity index (χ1n) is 10.9. The second kappa shape index (κ2) is 10.1. The topological polar surface area (TPSA) is 28.5 Å². The van der Waals surface area contributed by atoms with Gasteiger partial charge >= 0.3 is 0 Å². The standard InChI is InChI=1S/C25H31N3OS/c1-2-27(20-22-12-15-26(19-22)18-21-9-4-3-5-10-21)25(29)17-23(24-11-8-16-30-24)28-13-6-7-14-28/h3-11,13-14,16,22-23H,2,12,15,17-20H2,1H3/t22-,23+/m1/s1. The van der Waals surface area contributed by atoms with Crippen LogP contribution in [0.4, 0.5) is 0 Å². The van der Waals surface area contributed by atoms with Crippen molar-refractivity contribution in [2.45, 2.75) is 32.4 Å². The van der Waals surface area contributed by atoms with Gasteiger partial charge in [0, 0.05) is 43.4 Å². The second-order valence-corrected chi connectivity index (χ2v) is 9.15. The zero-order valence-corrected chi connectivity index (χ0v) is 18.5. The van der Waals surface area contributed by atoms with Crippen LogP contribution < -0.4 is 0 Å². The molecule has 1 aliphatic heterocycles. The van der Waals surface area contributed by atoms with Crippen LogP contribution in [0.2, 0.25) is 0 Å². The van der Waals surface area contributed by atoms with Gasteiger partial charge in [-0.3, -0.25) is 9.69 Å². The third-order valence-corrected chi connectivity index (χ3v) is 7.03. The molecule has 0 unspecified atom stereocenters. The summed E-state index contributed by atoms with van der Waals surface area (Å²) in [5, 5.41) is 2.09. The molecule has 1 amide bonds. The molecule has 0 saturated carbocycles. The van der Waals surface area contributed by atoms with Gasteiger partial charge in [-0.05, 0) is 54.9 Å². The van der Waals surface area contributed by atoms with E-state index in [1.54, 1.807) is 11.3 Å². The SMILES string of the molecule is CCN(C[C@@H]1CCN(Cc2ccccc2)C1)C(=O)C[C@@H](c1cccs1)n1cccc1. The van der Waals surface area contributed by atoms with Gasteiger partial charge in [-0.1, -0.05) is 36.4 Å². The van der Waals surface area contributed by atoms with E-state index in [4.69, 9.17) is 0 Å². The first kappa shape index (κ1) is 20.9. The molecule has 0 aliphatic carbocycles. The Morgan fingerprint density at radius 2 is 1.93 bits per heavy atom. The van der Waals surface area contributed by atoms with Crippen LogP contribution in [0.25, 0.3) is 0 Å². The molecule has 1 saturated heterocycles. The molecule has 0 N–H and O–H groups in total. The Bertz CT molecular complexity index is 858. The number of nitrogens with zero attached hydrogens (tertiary/aromatic N) is 3. The molecule has 4 nitrogen and oxygen atoms in total. The Morgan fingerprint density at radius 1 is 1.13 bits per heavy atom. The van der Waals surface area contributed by atoms with Gasteiger partial charge < -0.3 is 9.47 Å². The number of amides is 1. The predicted octanol–water partition coefficient (Wildman–Crippen LogP) is 4.90. The average molecular weight is 422 g/mol. The number of hydrogen-bond donors (Lipinski definition) is 0. The number of hydrogen-bond acceptors (Lipinski definition) is 3. The number of carbonyl (C=O) groups is 1. The number of likely N-dealkylation sites (tertiary alicyclic amines) is 1. The van der Waals surface area contributed by atoms with Gasteiger partial charge in [0.25, 0.3) is 0 Å². The quantitative estimate of drug-likeness (QED) is 0.492. The van der Waals surface area contributed by atoms with E-state index in [1.165, 1.54) is 16.9 Å². The highest BCUT2D eigenvalue weighted by Crippen LogP contribution is 2.28. The molecule has 1 aliphatic rings. The third kappa shape index (κ3) is 5.21. The lowest BCUT2D eigenvalue weighted by Gasteiger charge is -2.27. The van der Waals surface area contributed by atoms with Crippen LogP contribution >= 0.6 is 11.3 Å². The fourth-order valence-electron chi connectivity index (χ4n) is 4.45.